The molecule has 2 rings (SSSR count). The molecule has 0 aromatic carbocycles. The first-order valence-corrected chi connectivity index (χ1v) is 5.93. The van der Waals surface area contributed by atoms with Crippen LogP contribution in [0, 0.1) is 0 Å². The van der Waals surface area contributed by atoms with E-state index in [0.29, 0.717) is 0 Å². The Bertz CT molecular complexity index is 224. The molecular weight excluding hydrogens is 172 g/mol. The predicted octanol–water partition coefficient (Wildman–Crippen LogP) is 1.84. The molecule has 0 amide bonds. The highest BCUT2D eigenvalue weighted by molar-refractivity contribution is 5.04. The Hall–Kier alpha value is -0.500. The van der Waals surface area contributed by atoms with E-state index in [9.17, 15) is 0 Å². The zero-order valence-corrected chi connectivity index (χ0v) is 9.63. The van der Waals surface area contributed by atoms with Crippen LogP contribution in [0.4, 0.5) is 0 Å². The number of hydrogen-bond acceptors (Lipinski definition) is 1. The largest absolute Gasteiger partial charge is 0.375 e. The van der Waals surface area contributed by atoms with Gasteiger partial charge >= 0.3 is 0 Å². The van der Waals surface area contributed by atoms with Gasteiger partial charge in [0, 0.05) is 25.2 Å². The second-order valence-corrected chi connectivity index (χ2v) is 5.34. The summed E-state index contributed by atoms with van der Waals surface area (Å²) in [5.74, 6) is 0. The normalized spacial score (nSPS) is 27.3. The Morgan fingerprint density at radius 1 is 1.14 bits per heavy atom. The SMILES string of the molecule is C[N+]1(C)CC=C(N2CCCCC2)CC1. The standard InChI is InChI=1S/C12H23N2/c1-14(2)10-6-12(7-11-14)13-8-4-3-5-9-13/h6H,3-5,7-11H2,1-2H3/q+1. The summed E-state index contributed by atoms with van der Waals surface area (Å²) in [5, 5.41) is 0. The van der Waals surface area contributed by atoms with E-state index >= 15 is 0 Å². The van der Waals surface area contributed by atoms with Gasteiger partial charge in [0.2, 0.25) is 0 Å². The summed E-state index contributed by atoms with van der Waals surface area (Å²) in [5.41, 5.74) is 1.63. The van der Waals surface area contributed by atoms with Crippen LogP contribution in [-0.2, 0) is 0 Å². The quantitative estimate of drug-likeness (QED) is 0.577. The molecule has 0 N–H and O–H groups in total. The van der Waals surface area contributed by atoms with E-state index in [4.69, 9.17) is 0 Å². The zero-order valence-electron chi connectivity index (χ0n) is 9.63. The lowest BCUT2D eigenvalue weighted by Crippen LogP contribution is -2.45. The molecule has 0 atom stereocenters. The molecule has 0 saturated carbocycles. The minimum absolute atomic E-state index is 1.16. The number of piperidine rings is 1. The summed E-state index contributed by atoms with van der Waals surface area (Å²) >= 11 is 0. The van der Waals surface area contributed by atoms with E-state index in [0.717, 1.165) is 4.48 Å². The first kappa shape index (κ1) is 10.0. The lowest BCUT2D eigenvalue weighted by atomic mass is 10.1. The number of nitrogens with zero attached hydrogens (tertiary/aromatic N) is 2. The van der Waals surface area contributed by atoms with Gasteiger partial charge in [0.25, 0.3) is 0 Å². The van der Waals surface area contributed by atoms with Crippen molar-refractivity contribution in [1.29, 1.82) is 0 Å². The van der Waals surface area contributed by atoms with Crippen LogP contribution in [0.25, 0.3) is 0 Å². The van der Waals surface area contributed by atoms with Gasteiger partial charge in [0.05, 0.1) is 27.2 Å². The molecular formula is C12H23N2+. The highest BCUT2D eigenvalue weighted by atomic mass is 15.3. The summed E-state index contributed by atoms with van der Waals surface area (Å²) in [7, 11) is 4.65. The second-order valence-electron chi connectivity index (χ2n) is 5.34. The van der Waals surface area contributed by atoms with Crippen molar-refractivity contribution in [3.63, 3.8) is 0 Å². The van der Waals surface area contributed by atoms with E-state index in [-0.39, 0.29) is 0 Å². The van der Waals surface area contributed by atoms with Crippen LogP contribution in [0.15, 0.2) is 11.8 Å². The summed E-state index contributed by atoms with van der Waals surface area (Å²) < 4.78 is 1.16. The number of likely N-dealkylation sites (N-methyl/N-ethyl adjacent to an activating group) is 1. The molecule has 2 heterocycles. The fourth-order valence-electron chi connectivity index (χ4n) is 2.43. The Morgan fingerprint density at radius 3 is 2.43 bits per heavy atom. The van der Waals surface area contributed by atoms with Crippen LogP contribution < -0.4 is 0 Å². The van der Waals surface area contributed by atoms with Crippen LogP contribution in [-0.4, -0.2) is 49.7 Å². The van der Waals surface area contributed by atoms with Gasteiger partial charge in [-0.2, -0.15) is 0 Å². The van der Waals surface area contributed by atoms with Crippen molar-refractivity contribution in [3.05, 3.63) is 11.8 Å². The van der Waals surface area contributed by atoms with Gasteiger partial charge in [0.15, 0.2) is 0 Å². The number of rotatable bonds is 1. The second kappa shape index (κ2) is 3.93. The van der Waals surface area contributed by atoms with Crippen molar-refractivity contribution < 1.29 is 4.48 Å². The first-order valence-electron chi connectivity index (χ1n) is 5.93. The van der Waals surface area contributed by atoms with E-state index in [1.807, 2.05) is 0 Å². The Kier molecular flexibility index (Phi) is 2.82. The molecule has 0 bridgehead atoms. The number of likely N-dealkylation sites (tertiary alicyclic amines) is 1. The molecule has 2 heteroatoms. The minimum atomic E-state index is 1.16. The van der Waals surface area contributed by atoms with E-state index in [2.05, 4.69) is 25.1 Å². The number of quaternary nitrogens is 1. The molecule has 0 aromatic heterocycles. The highest BCUT2D eigenvalue weighted by Crippen LogP contribution is 2.21. The Balaban J connectivity index is 1.95. The maximum Gasteiger partial charge on any atom is 0.0989 e. The van der Waals surface area contributed by atoms with E-state index in [1.165, 1.54) is 51.9 Å². The fraction of sp³-hybridized carbons (Fsp3) is 0.833. The summed E-state index contributed by atoms with van der Waals surface area (Å²) in [6.45, 7) is 5.13. The van der Waals surface area contributed by atoms with Gasteiger partial charge < -0.3 is 9.38 Å². The van der Waals surface area contributed by atoms with Crippen LogP contribution in [0.1, 0.15) is 25.7 Å². The Morgan fingerprint density at radius 2 is 1.86 bits per heavy atom. The van der Waals surface area contributed by atoms with Crippen LogP contribution in [0.5, 0.6) is 0 Å². The van der Waals surface area contributed by atoms with Crippen molar-refractivity contribution in [2.75, 3.05) is 40.3 Å². The smallest absolute Gasteiger partial charge is 0.0989 e. The van der Waals surface area contributed by atoms with E-state index in [1.54, 1.807) is 5.70 Å². The average Bonchev–Trinajstić information content (AvgIpc) is 2.19. The Labute approximate surface area is 87.8 Å². The molecule has 0 unspecified atom stereocenters. The molecule has 80 valence electrons. The van der Waals surface area contributed by atoms with Gasteiger partial charge in [-0.25, -0.2) is 0 Å². The highest BCUT2D eigenvalue weighted by Gasteiger charge is 2.23. The molecule has 14 heavy (non-hydrogen) atoms. The maximum atomic E-state index is 2.61. The van der Waals surface area contributed by atoms with Crippen LogP contribution in [0.2, 0.25) is 0 Å². The minimum Gasteiger partial charge on any atom is -0.375 e. The molecule has 0 aromatic rings. The summed E-state index contributed by atoms with van der Waals surface area (Å²) in [6, 6.07) is 0. The third-order valence-electron chi connectivity index (χ3n) is 3.56. The molecule has 1 fully saturated rings. The molecule has 0 aliphatic carbocycles. The van der Waals surface area contributed by atoms with Crippen LogP contribution in [0.3, 0.4) is 0 Å². The average molecular weight is 195 g/mol. The predicted molar refractivity (Wildman–Crippen MR) is 60.0 cm³/mol. The monoisotopic (exact) mass is 195 g/mol. The summed E-state index contributed by atoms with van der Waals surface area (Å²) in [4.78, 5) is 2.61. The topological polar surface area (TPSA) is 3.24 Å². The first-order chi connectivity index (χ1) is 6.67. The van der Waals surface area contributed by atoms with Gasteiger partial charge in [0.1, 0.15) is 0 Å². The lowest BCUT2D eigenvalue weighted by Gasteiger charge is -2.38. The molecule has 1 saturated heterocycles. The van der Waals surface area contributed by atoms with E-state index < -0.39 is 0 Å². The van der Waals surface area contributed by atoms with Crippen molar-refractivity contribution in [2.24, 2.45) is 0 Å². The third-order valence-corrected chi connectivity index (χ3v) is 3.56. The molecule has 0 radical (unpaired) electrons. The molecule has 2 nitrogen and oxygen atoms in total. The fourth-order valence-corrected chi connectivity index (χ4v) is 2.43. The van der Waals surface area contributed by atoms with Crippen molar-refractivity contribution in [2.45, 2.75) is 25.7 Å². The van der Waals surface area contributed by atoms with Gasteiger partial charge in [-0.15, -0.1) is 0 Å². The van der Waals surface area contributed by atoms with Crippen molar-refractivity contribution in [3.8, 4) is 0 Å². The molecule has 2 aliphatic rings. The van der Waals surface area contributed by atoms with Crippen molar-refractivity contribution in [1.82, 2.24) is 4.90 Å². The van der Waals surface area contributed by atoms with Crippen LogP contribution >= 0.6 is 0 Å². The lowest BCUT2D eigenvalue weighted by molar-refractivity contribution is -0.886. The molecule has 0 spiro atoms. The molecule has 2 aliphatic heterocycles. The maximum absolute atomic E-state index is 2.61. The van der Waals surface area contributed by atoms with Crippen molar-refractivity contribution >= 4 is 0 Å². The van der Waals surface area contributed by atoms with Gasteiger partial charge in [-0.05, 0) is 25.3 Å². The summed E-state index contributed by atoms with van der Waals surface area (Å²) in [6.07, 6.45) is 7.98. The zero-order chi connectivity index (χ0) is 10.0. The van der Waals surface area contributed by atoms with Gasteiger partial charge in [-0.1, -0.05) is 0 Å². The number of hydrogen-bond donors (Lipinski definition) is 0. The van der Waals surface area contributed by atoms with Gasteiger partial charge in [-0.3, -0.25) is 0 Å². The third kappa shape index (κ3) is 2.30.